The minimum absolute atomic E-state index is 0.0522. The van der Waals surface area contributed by atoms with Crippen LogP contribution < -0.4 is 10.1 Å². The van der Waals surface area contributed by atoms with Crippen molar-refractivity contribution in [2.75, 3.05) is 19.8 Å². The van der Waals surface area contributed by atoms with E-state index in [1.165, 1.54) is 38.5 Å². The average molecular weight is 370 g/mol. The Morgan fingerprint density at radius 1 is 1.07 bits per heavy atom. The van der Waals surface area contributed by atoms with E-state index in [1.54, 1.807) is 0 Å². The highest BCUT2D eigenvalue weighted by atomic mass is 16.5. The lowest BCUT2D eigenvalue weighted by molar-refractivity contribution is -0.0503. The Morgan fingerprint density at radius 2 is 1.74 bits per heavy atom. The fraction of sp³-hybridized carbons (Fsp3) is 0.696. The lowest BCUT2D eigenvalue weighted by Gasteiger charge is -2.56. The number of carbonyl (C=O) groups excluding carboxylic acids is 1. The quantitative estimate of drug-likeness (QED) is 0.818. The number of nitrogens with one attached hydrogen (secondary N) is 1. The van der Waals surface area contributed by atoms with Crippen molar-refractivity contribution in [3.63, 3.8) is 0 Å². The van der Waals surface area contributed by atoms with Gasteiger partial charge in [0.25, 0.3) is 5.91 Å². The van der Waals surface area contributed by atoms with Crippen molar-refractivity contribution >= 4 is 5.91 Å². The smallest absolute Gasteiger partial charge is 0.251 e. The van der Waals surface area contributed by atoms with Gasteiger partial charge in [-0.15, -0.1) is 0 Å². The van der Waals surface area contributed by atoms with Crippen LogP contribution >= 0.6 is 0 Å². The number of ether oxygens (including phenoxy) is 2. The van der Waals surface area contributed by atoms with Crippen molar-refractivity contribution in [2.45, 2.75) is 57.5 Å². The molecule has 5 fully saturated rings. The van der Waals surface area contributed by atoms with Gasteiger partial charge in [0.05, 0.1) is 6.10 Å². The van der Waals surface area contributed by atoms with Gasteiger partial charge < -0.3 is 14.8 Å². The zero-order valence-corrected chi connectivity index (χ0v) is 16.1. The highest BCUT2D eigenvalue weighted by Crippen LogP contribution is 2.59. The average Bonchev–Trinajstić information content (AvgIpc) is 3.17. The Kier molecular flexibility index (Phi) is 4.63. The molecule has 1 aliphatic heterocycles. The second-order valence-electron chi connectivity index (χ2n) is 9.57. The van der Waals surface area contributed by atoms with Gasteiger partial charge in [-0.2, -0.15) is 0 Å². The number of benzene rings is 1. The highest BCUT2D eigenvalue weighted by Gasteiger charge is 2.50. The Balaban J connectivity index is 1.14. The van der Waals surface area contributed by atoms with Crippen LogP contribution in [0.5, 0.6) is 5.75 Å². The third kappa shape index (κ3) is 3.73. The van der Waals surface area contributed by atoms with E-state index < -0.39 is 0 Å². The highest BCUT2D eigenvalue weighted by molar-refractivity contribution is 5.94. The molecule has 1 amide bonds. The van der Waals surface area contributed by atoms with E-state index in [0.717, 1.165) is 55.1 Å². The van der Waals surface area contributed by atoms with Gasteiger partial charge in [-0.25, -0.2) is 0 Å². The minimum Gasteiger partial charge on any atom is -0.491 e. The van der Waals surface area contributed by atoms with E-state index in [4.69, 9.17) is 9.47 Å². The molecule has 1 N–H and O–H groups in total. The van der Waals surface area contributed by atoms with Crippen LogP contribution in [0.3, 0.4) is 0 Å². The monoisotopic (exact) mass is 369 g/mol. The summed E-state index contributed by atoms with van der Waals surface area (Å²) in [6.45, 7) is 2.29. The zero-order valence-electron chi connectivity index (χ0n) is 16.1. The number of carbonyl (C=O) groups is 1. The fourth-order valence-electron chi connectivity index (χ4n) is 6.54. The van der Waals surface area contributed by atoms with Crippen LogP contribution in [-0.4, -0.2) is 31.8 Å². The molecule has 4 saturated carbocycles. The maximum Gasteiger partial charge on any atom is 0.251 e. The largest absolute Gasteiger partial charge is 0.491 e. The molecule has 4 aliphatic carbocycles. The molecule has 27 heavy (non-hydrogen) atoms. The first-order valence-corrected chi connectivity index (χ1v) is 10.8. The van der Waals surface area contributed by atoms with E-state index in [2.05, 4.69) is 5.32 Å². The number of hydrogen-bond donors (Lipinski definition) is 1. The lowest BCUT2D eigenvalue weighted by atomic mass is 9.49. The van der Waals surface area contributed by atoms with Crippen LogP contribution in [0, 0.1) is 23.2 Å². The summed E-state index contributed by atoms with van der Waals surface area (Å²) in [4.78, 5) is 12.6. The van der Waals surface area contributed by atoms with E-state index >= 15 is 0 Å². The maximum absolute atomic E-state index is 12.6. The second-order valence-corrected chi connectivity index (χ2v) is 9.57. The topological polar surface area (TPSA) is 47.6 Å². The van der Waals surface area contributed by atoms with E-state index in [9.17, 15) is 4.79 Å². The second kappa shape index (κ2) is 7.12. The standard InChI is InChI=1S/C23H31NO3/c25-22(19-3-5-20(6-4-19)27-14-21-2-1-7-26-21)24-15-23-11-16-8-17(12-23)10-18(9-16)13-23/h3-6,16-18,21H,1-2,7-15H2,(H,24,25)/t16?,17?,18?,21-,23?/m1/s1. The molecule has 0 unspecified atom stereocenters. The molecular weight excluding hydrogens is 338 g/mol. The van der Waals surface area contributed by atoms with Crippen molar-refractivity contribution in [3.05, 3.63) is 29.8 Å². The van der Waals surface area contributed by atoms with Crippen LogP contribution in [0.15, 0.2) is 24.3 Å². The molecule has 0 spiro atoms. The third-order valence-corrected chi connectivity index (χ3v) is 7.37. The lowest BCUT2D eigenvalue weighted by Crippen LogP contribution is -2.51. The van der Waals surface area contributed by atoms with Crippen LogP contribution in [-0.2, 0) is 4.74 Å². The van der Waals surface area contributed by atoms with Gasteiger partial charge in [0.15, 0.2) is 0 Å². The summed E-state index contributed by atoms with van der Waals surface area (Å²) >= 11 is 0. The van der Waals surface area contributed by atoms with Gasteiger partial charge in [0.2, 0.25) is 0 Å². The Hall–Kier alpha value is -1.55. The predicted molar refractivity (Wildman–Crippen MR) is 104 cm³/mol. The molecule has 6 rings (SSSR count). The summed E-state index contributed by atoms with van der Waals surface area (Å²) in [5, 5.41) is 3.25. The maximum atomic E-state index is 12.6. The van der Waals surface area contributed by atoms with Crippen LogP contribution in [0.25, 0.3) is 0 Å². The van der Waals surface area contributed by atoms with Crippen molar-refractivity contribution < 1.29 is 14.3 Å². The van der Waals surface area contributed by atoms with Crippen molar-refractivity contribution in [2.24, 2.45) is 23.2 Å². The zero-order chi connectivity index (χ0) is 18.3. The number of rotatable bonds is 6. The molecule has 1 atom stereocenters. The normalized spacial score (nSPS) is 36.7. The summed E-state index contributed by atoms with van der Waals surface area (Å²) in [6, 6.07) is 7.54. The molecule has 146 valence electrons. The molecule has 1 heterocycles. The molecule has 4 nitrogen and oxygen atoms in total. The Labute approximate surface area is 162 Å². The molecule has 1 aromatic carbocycles. The van der Waals surface area contributed by atoms with Gasteiger partial charge in [-0.1, -0.05) is 0 Å². The molecule has 0 radical (unpaired) electrons. The van der Waals surface area contributed by atoms with Gasteiger partial charge >= 0.3 is 0 Å². The molecule has 0 aromatic heterocycles. The molecule has 1 aromatic rings. The van der Waals surface area contributed by atoms with E-state index in [-0.39, 0.29) is 12.0 Å². The summed E-state index contributed by atoms with van der Waals surface area (Å²) < 4.78 is 11.4. The van der Waals surface area contributed by atoms with Crippen LogP contribution in [0.1, 0.15) is 61.7 Å². The third-order valence-electron chi connectivity index (χ3n) is 7.37. The fourth-order valence-corrected chi connectivity index (χ4v) is 6.54. The van der Waals surface area contributed by atoms with Gasteiger partial charge in [-0.05, 0) is 98.8 Å². The van der Waals surface area contributed by atoms with E-state index in [0.29, 0.717) is 12.0 Å². The molecule has 4 bridgehead atoms. The minimum atomic E-state index is 0.0522. The van der Waals surface area contributed by atoms with Crippen molar-refractivity contribution in [1.82, 2.24) is 5.32 Å². The first-order chi connectivity index (χ1) is 13.2. The van der Waals surface area contributed by atoms with Crippen LogP contribution in [0.4, 0.5) is 0 Å². The van der Waals surface area contributed by atoms with Gasteiger partial charge in [0, 0.05) is 18.7 Å². The summed E-state index contributed by atoms with van der Waals surface area (Å²) in [5.74, 6) is 3.63. The molecule has 5 aliphatic rings. The van der Waals surface area contributed by atoms with E-state index in [1.807, 2.05) is 24.3 Å². The summed E-state index contributed by atoms with van der Waals surface area (Å²) in [7, 11) is 0. The van der Waals surface area contributed by atoms with Crippen molar-refractivity contribution in [1.29, 1.82) is 0 Å². The first kappa shape index (κ1) is 17.5. The predicted octanol–water partition coefficient (Wildman–Crippen LogP) is 4.19. The molecule has 1 saturated heterocycles. The van der Waals surface area contributed by atoms with Crippen LogP contribution in [0.2, 0.25) is 0 Å². The number of amides is 1. The SMILES string of the molecule is O=C(NCC12CC3CC(CC(C3)C1)C2)c1ccc(OC[C@H]2CCCO2)cc1. The van der Waals surface area contributed by atoms with Gasteiger partial charge in [0.1, 0.15) is 12.4 Å². The Bertz CT molecular complexity index is 642. The Morgan fingerprint density at radius 3 is 2.33 bits per heavy atom. The number of hydrogen-bond acceptors (Lipinski definition) is 3. The molecule has 4 heteroatoms. The van der Waals surface area contributed by atoms with Crippen molar-refractivity contribution in [3.8, 4) is 5.75 Å². The summed E-state index contributed by atoms with van der Waals surface area (Å²) in [6.07, 6.45) is 10.7. The van der Waals surface area contributed by atoms with Gasteiger partial charge in [-0.3, -0.25) is 4.79 Å². The molecular formula is C23H31NO3. The summed E-state index contributed by atoms with van der Waals surface area (Å²) in [5.41, 5.74) is 1.11. The first-order valence-electron chi connectivity index (χ1n) is 10.8.